The largest absolute Gasteiger partial charge is 0.491 e. The Bertz CT molecular complexity index is 526. The second-order valence-corrected chi connectivity index (χ2v) is 5.83. The number of benzene rings is 1. The fourth-order valence-electron chi connectivity index (χ4n) is 2.36. The van der Waals surface area contributed by atoms with E-state index in [-0.39, 0.29) is 30.7 Å². The Morgan fingerprint density at radius 1 is 1.35 bits per heavy atom. The summed E-state index contributed by atoms with van der Waals surface area (Å²) >= 11 is 0. The number of ether oxygens (including phenoxy) is 1. The van der Waals surface area contributed by atoms with Gasteiger partial charge in [-0.2, -0.15) is 13.2 Å². The van der Waals surface area contributed by atoms with Crippen LogP contribution in [0.4, 0.5) is 13.2 Å². The maximum Gasteiger partial charge on any atom is 0.416 e. The number of rotatable bonds is 6. The van der Waals surface area contributed by atoms with Crippen molar-refractivity contribution in [2.24, 2.45) is 5.92 Å². The SMILES string of the molecule is CN(CC(O)COc1ccc(C(F)(F)F)cc1)C(=O)C1CCC1. The monoisotopic (exact) mass is 331 g/mol. The molecular formula is C16H20F3NO3. The highest BCUT2D eigenvalue weighted by molar-refractivity contribution is 5.79. The highest BCUT2D eigenvalue weighted by atomic mass is 19.4. The molecule has 1 N–H and O–H groups in total. The van der Waals surface area contributed by atoms with Crippen molar-refractivity contribution >= 4 is 5.91 Å². The number of aliphatic hydroxyl groups is 1. The van der Waals surface area contributed by atoms with Crippen molar-refractivity contribution in [3.05, 3.63) is 29.8 Å². The molecule has 1 aromatic rings. The minimum absolute atomic E-state index is 0.0184. The molecule has 0 aromatic heterocycles. The van der Waals surface area contributed by atoms with E-state index < -0.39 is 17.8 Å². The molecule has 0 radical (unpaired) electrons. The molecule has 1 aliphatic carbocycles. The van der Waals surface area contributed by atoms with Gasteiger partial charge in [-0.25, -0.2) is 0 Å². The standard InChI is InChI=1S/C16H20F3NO3/c1-20(15(22)11-3-2-4-11)9-13(21)10-23-14-7-5-12(6-8-14)16(17,18)19/h5-8,11,13,21H,2-4,9-10H2,1H3. The average Bonchev–Trinajstić information content (AvgIpc) is 2.42. The molecule has 7 heteroatoms. The molecule has 1 unspecified atom stereocenters. The number of amides is 1. The fourth-order valence-corrected chi connectivity index (χ4v) is 2.36. The number of halogens is 3. The predicted molar refractivity (Wildman–Crippen MR) is 77.9 cm³/mol. The van der Waals surface area contributed by atoms with Gasteiger partial charge in [0.2, 0.25) is 5.91 Å². The summed E-state index contributed by atoms with van der Waals surface area (Å²) in [4.78, 5) is 13.4. The lowest BCUT2D eigenvalue weighted by Crippen LogP contribution is -2.41. The lowest BCUT2D eigenvalue weighted by Gasteiger charge is -2.30. The lowest BCUT2D eigenvalue weighted by atomic mass is 9.84. The van der Waals surface area contributed by atoms with Crippen LogP contribution in [0.25, 0.3) is 0 Å². The number of likely N-dealkylation sites (N-methyl/N-ethyl adjacent to an activating group) is 1. The maximum atomic E-state index is 12.4. The summed E-state index contributed by atoms with van der Waals surface area (Å²) in [5.74, 6) is 0.317. The first-order valence-electron chi connectivity index (χ1n) is 7.50. The van der Waals surface area contributed by atoms with Crippen LogP contribution in [0.5, 0.6) is 5.75 Å². The molecule has 2 rings (SSSR count). The average molecular weight is 331 g/mol. The molecular weight excluding hydrogens is 311 g/mol. The zero-order chi connectivity index (χ0) is 17.0. The first kappa shape index (κ1) is 17.6. The van der Waals surface area contributed by atoms with Gasteiger partial charge in [0.25, 0.3) is 0 Å². The lowest BCUT2D eigenvalue weighted by molar-refractivity contribution is -0.138. The summed E-state index contributed by atoms with van der Waals surface area (Å²) in [5, 5.41) is 9.89. The first-order valence-corrected chi connectivity index (χ1v) is 7.50. The molecule has 0 spiro atoms. The van der Waals surface area contributed by atoms with Gasteiger partial charge >= 0.3 is 6.18 Å². The third-order valence-corrected chi connectivity index (χ3v) is 3.94. The van der Waals surface area contributed by atoms with E-state index in [1.165, 1.54) is 17.0 Å². The van der Waals surface area contributed by atoms with Crippen LogP contribution < -0.4 is 4.74 Å². The fraction of sp³-hybridized carbons (Fsp3) is 0.562. The third kappa shape index (κ3) is 4.86. The van der Waals surface area contributed by atoms with Gasteiger partial charge in [-0.3, -0.25) is 4.79 Å². The summed E-state index contributed by atoms with van der Waals surface area (Å²) in [6, 6.07) is 4.26. The van der Waals surface area contributed by atoms with Crippen LogP contribution in [0.1, 0.15) is 24.8 Å². The van der Waals surface area contributed by atoms with E-state index in [1.54, 1.807) is 7.05 Å². The smallest absolute Gasteiger partial charge is 0.416 e. The number of carbonyl (C=O) groups excluding carboxylic acids is 1. The second-order valence-electron chi connectivity index (χ2n) is 5.83. The molecule has 0 saturated heterocycles. The van der Waals surface area contributed by atoms with Gasteiger partial charge in [0.1, 0.15) is 18.5 Å². The van der Waals surface area contributed by atoms with E-state index in [4.69, 9.17) is 4.74 Å². The van der Waals surface area contributed by atoms with Crippen LogP contribution >= 0.6 is 0 Å². The van der Waals surface area contributed by atoms with Crippen LogP contribution in [-0.2, 0) is 11.0 Å². The van der Waals surface area contributed by atoms with Gasteiger partial charge in [0, 0.05) is 19.5 Å². The van der Waals surface area contributed by atoms with E-state index in [0.717, 1.165) is 31.4 Å². The van der Waals surface area contributed by atoms with Crippen LogP contribution in [0.3, 0.4) is 0 Å². The normalized spacial score (nSPS) is 16.6. The van der Waals surface area contributed by atoms with E-state index in [0.29, 0.717) is 0 Å². The Morgan fingerprint density at radius 2 is 1.96 bits per heavy atom. The Morgan fingerprint density at radius 3 is 2.43 bits per heavy atom. The summed E-state index contributed by atoms with van der Waals surface area (Å²) < 4.78 is 42.6. The molecule has 1 atom stereocenters. The maximum absolute atomic E-state index is 12.4. The minimum Gasteiger partial charge on any atom is -0.491 e. The summed E-state index contributed by atoms with van der Waals surface area (Å²) in [7, 11) is 1.63. The molecule has 4 nitrogen and oxygen atoms in total. The van der Waals surface area contributed by atoms with Gasteiger partial charge in [0.15, 0.2) is 0 Å². The predicted octanol–water partition coefficient (Wildman–Crippen LogP) is 2.70. The molecule has 1 aliphatic rings. The third-order valence-electron chi connectivity index (χ3n) is 3.94. The highest BCUT2D eigenvalue weighted by Gasteiger charge is 2.30. The van der Waals surface area contributed by atoms with Crippen LogP contribution in [0.15, 0.2) is 24.3 Å². The number of nitrogens with zero attached hydrogens (tertiary/aromatic N) is 1. The van der Waals surface area contributed by atoms with Crippen molar-refractivity contribution in [3.8, 4) is 5.75 Å². The zero-order valence-electron chi connectivity index (χ0n) is 12.8. The van der Waals surface area contributed by atoms with Gasteiger partial charge < -0.3 is 14.7 Å². The summed E-state index contributed by atoms with van der Waals surface area (Å²) in [6.45, 7) is 0.0453. The quantitative estimate of drug-likeness (QED) is 0.872. The Balaban J connectivity index is 1.77. The zero-order valence-corrected chi connectivity index (χ0v) is 12.8. The molecule has 128 valence electrons. The first-order chi connectivity index (χ1) is 10.8. The van der Waals surface area contributed by atoms with Crippen molar-refractivity contribution in [2.75, 3.05) is 20.2 Å². The van der Waals surface area contributed by atoms with Crippen LogP contribution in [0, 0.1) is 5.92 Å². The topological polar surface area (TPSA) is 49.8 Å². The molecule has 0 heterocycles. The molecule has 0 bridgehead atoms. The number of hydrogen-bond acceptors (Lipinski definition) is 3. The Hall–Kier alpha value is -1.76. The summed E-state index contributed by atoms with van der Waals surface area (Å²) in [6.07, 6.45) is -2.44. The van der Waals surface area contributed by atoms with Gasteiger partial charge in [0.05, 0.1) is 5.56 Å². The molecule has 1 aromatic carbocycles. The van der Waals surface area contributed by atoms with Crippen molar-refractivity contribution < 1.29 is 27.8 Å². The molecule has 1 amide bonds. The minimum atomic E-state index is -4.39. The number of carbonyl (C=O) groups is 1. The van der Waals surface area contributed by atoms with Crippen molar-refractivity contribution in [1.29, 1.82) is 0 Å². The Labute approximate surface area is 132 Å². The van der Waals surface area contributed by atoms with E-state index in [2.05, 4.69) is 0 Å². The number of aliphatic hydroxyl groups excluding tert-OH is 1. The van der Waals surface area contributed by atoms with E-state index in [1.807, 2.05) is 0 Å². The van der Waals surface area contributed by atoms with Crippen molar-refractivity contribution in [1.82, 2.24) is 4.90 Å². The molecule has 1 fully saturated rings. The van der Waals surface area contributed by atoms with Crippen molar-refractivity contribution in [2.45, 2.75) is 31.5 Å². The van der Waals surface area contributed by atoms with Crippen molar-refractivity contribution in [3.63, 3.8) is 0 Å². The molecule has 0 aliphatic heterocycles. The number of hydrogen-bond donors (Lipinski definition) is 1. The van der Waals surface area contributed by atoms with Crippen LogP contribution in [0.2, 0.25) is 0 Å². The van der Waals surface area contributed by atoms with Gasteiger partial charge in [-0.15, -0.1) is 0 Å². The van der Waals surface area contributed by atoms with Crippen LogP contribution in [-0.4, -0.2) is 42.2 Å². The highest BCUT2D eigenvalue weighted by Crippen LogP contribution is 2.30. The molecule has 1 saturated carbocycles. The number of alkyl halides is 3. The van der Waals surface area contributed by atoms with Gasteiger partial charge in [-0.05, 0) is 37.1 Å². The van der Waals surface area contributed by atoms with E-state index in [9.17, 15) is 23.1 Å². The summed E-state index contributed by atoms with van der Waals surface area (Å²) in [5.41, 5.74) is -0.753. The second kappa shape index (κ2) is 7.21. The van der Waals surface area contributed by atoms with Gasteiger partial charge in [-0.1, -0.05) is 6.42 Å². The Kier molecular flexibility index (Phi) is 5.51. The molecule has 23 heavy (non-hydrogen) atoms. The van der Waals surface area contributed by atoms with E-state index >= 15 is 0 Å².